The molecule has 0 aliphatic heterocycles. The Hall–Kier alpha value is -0.760. The van der Waals surface area contributed by atoms with Crippen LogP contribution in [0.25, 0.3) is 0 Å². The zero-order chi connectivity index (χ0) is 9.14. The van der Waals surface area contributed by atoms with E-state index in [1.807, 2.05) is 13.2 Å². The van der Waals surface area contributed by atoms with Crippen molar-refractivity contribution in [3.8, 4) is 0 Å². The minimum atomic E-state index is 0.00260. The molecule has 1 unspecified atom stereocenters. The van der Waals surface area contributed by atoms with Gasteiger partial charge in [-0.05, 0) is 30.9 Å². The van der Waals surface area contributed by atoms with Crippen molar-refractivity contribution in [2.24, 2.45) is 5.73 Å². The Morgan fingerprint density at radius 2 is 2.17 bits per heavy atom. The molecule has 0 saturated carbocycles. The summed E-state index contributed by atoms with van der Waals surface area (Å²) in [6.07, 6.45) is 2.95. The van der Waals surface area contributed by atoms with Crippen LogP contribution in [-0.2, 0) is 0 Å². The van der Waals surface area contributed by atoms with E-state index in [1.54, 1.807) is 0 Å². The third-order valence-electron chi connectivity index (χ3n) is 2.27. The summed E-state index contributed by atoms with van der Waals surface area (Å²) in [5.74, 6) is 1.45. The fourth-order valence-electron chi connectivity index (χ4n) is 1.10. The quantitative estimate of drug-likeness (QED) is 0.751. The van der Waals surface area contributed by atoms with Crippen LogP contribution < -0.4 is 5.73 Å². The SMILES string of the molecule is CCC(C)c1coc([C@@H](C)N)c1. The lowest BCUT2D eigenvalue weighted by Crippen LogP contribution is -2.02. The molecule has 2 atom stereocenters. The zero-order valence-electron chi connectivity index (χ0n) is 8.00. The zero-order valence-corrected chi connectivity index (χ0v) is 8.00. The molecule has 68 valence electrons. The second kappa shape index (κ2) is 3.76. The van der Waals surface area contributed by atoms with E-state index >= 15 is 0 Å². The standard InChI is InChI=1S/C10H17NO/c1-4-7(2)9-5-10(8(3)11)12-6-9/h5-8H,4,11H2,1-3H3/t7?,8-/m1/s1. The molecule has 0 amide bonds. The van der Waals surface area contributed by atoms with Crippen LogP contribution in [0, 0.1) is 0 Å². The Morgan fingerprint density at radius 3 is 2.58 bits per heavy atom. The van der Waals surface area contributed by atoms with Crippen LogP contribution >= 0.6 is 0 Å². The van der Waals surface area contributed by atoms with Gasteiger partial charge in [0.25, 0.3) is 0 Å². The van der Waals surface area contributed by atoms with Gasteiger partial charge in [0.2, 0.25) is 0 Å². The van der Waals surface area contributed by atoms with E-state index in [1.165, 1.54) is 5.56 Å². The Kier molecular flexibility index (Phi) is 2.93. The average Bonchev–Trinajstić information content (AvgIpc) is 2.51. The van der Waals surface area contributed by atoms with Crippen molar-refractivity contribution < 1.29 is 4.42 Å². The van der Waals surface area contributed by atoms with E-state index in [2.05, 4.69) is 19.9 Å². The Morgan fingerprint density at radius 1 is 1.50 bits per heavy atom. The largest absolute Gasteiger partial charge is 0.467 e. The van der Waals surface area contributed by atoms with Gasteiger partial charge in [0.05, 0.1) is 12.3 Å². The topological polar surface area (TPSA) is 39.2 Å². The van der Waals surface area contributed by atoms with E-state index in [9.17, 15) is 0 Å². The van der Waals surface area contributed by atoms with E-state index in [0.717, 1.165) is 12.2 Å². The lowest BCUT2D eigenvalue weighted by atomic mass is 10.0. The van der Waals surface area contributed by atoms with Gasteiger partial charge in [0.15, 0.2) is 0 Å². The second-order valence-corrected chi connectivity index (χ2v) is 3.38. The molecule has 0 fully saturated rings. The molecule has 1 aromatic heterocycles. The van der Waals surface area contributed by atoms with Gasteiger partial charge in [0, 0.05) is 0 Å². The van der Waals surface area contributed by atoms with E-state index in [-0.39, 0.29) is 6.04 Å². The fourth-order valence-corrected chi connectivity index (χ4v) is 1.10. The van der Waals surface area contributed by atoms with Gasteiger partial charge in [0.1, 0.15) is 5.76 Å². The third-order valence-corrected chi connectivity index (χ3v) is 2.27. The normalized spacial score (nSPS) is 16.0. The van der Waals surface area contributed by atoms with Gasteiger partial charge in [-0.2, -0.15) is 0 Å². The van der Waals surface area contributed by atoms with E-state index in [0.29, 0.717) is 5.92 Å². The maximum absolute atomic E-state index is 5.67. The second-order valence-electron chi connectivity index (χ2n) is 3.38. The summed E-state index contributed by atoms with van der Waals surface area (Å²) in [5.41, 5.74) is 6.93. The maximum atomic E-state index is 5.67. The number of furan rings is 1. The van der Waals surface area contributed by atoms with Gasteiger partial charge in [-0.3, -0.25) is 0 Å². The van der Waals surface area contributed by atoms with Gasteiger partial charge in [-0.15, -0.1) is 0 Å². The van der Waals surface area contributed by atoms with Crippen LogP contribution in [0.2, 0.25) is 0 Å². The van der Waals surface area contributed by atoms with Crippen molar-refractivity contribution in [3.05, 3.63) is 23.7 Å². The monoisotopic (exact) mass is 167 g/mol. The van der Waals surface area contributed by atoms with Crippen LogP contribution in [0.4, 0.5) is 0 Å². The molecular weight excluding hydrogens is 150 g/mol. The van der Waals surface area contributed by atoms with Crippen molar-refractivity contribution in [2.75, 3.05) is 0 Å². The van der Waals surface area contributed by atoms with Crippen LogP contribution in [0.15, 0.2) is 16.7 Å². The van der Waals surface area contributed by atoms with Gasteiger partial charge in [-0.1, -0.05) is 13.8 Å². The van der Waals surface area contributed by atoms with Crippen molar-refractivity contribution in [2.45, 2.75) is 39.2 Å². The van der Waals surface area contributed by atoms with Crippen molar-refractivity contribution in [1.82, 2.24) is 0 Å². The molecule has 12 heavy (non-hydrogen) atoms. The molecule has 2 N–H and O–H groups in total. The molecule has 0 saturated heterocycles. The van der Waals surface area contributed by atoms with Crippen LogP contribution in [0.1, 0.15) is 50.5 Å². The summed E-state index contributed by atoms with van der Waals surface area (Å²) < 4.78 is 5.32. The predicted octanol–water partition coefficient (Wildman–Crippen LogP) is 2.81. The van der Waals surface area contributed by atoms with Gasteiger partial charge in [-0.25, -0.2) is 0 Å². The molecule has 0 aromatic carbocycles. The lowest BCUT2D eigenvalue weighted by Gasteiger charge is -2.02. The molecule has 1 rings (SSSR count). The Labute approximate surface area is 73.8 Å². The highest BCUT2D eigenvalue weighted by atomic mass is 16.3. The summed E-state index contributed by atoms with van der Waals surface area (Å²) in [7, 11) is 0. The average molecular weight is 167 g/mol. The first-order valence-corrected chi connectivity index (χ1v) is 4.49. The molecule has 1 heterocycles. The third kappa shape index (κ3) is 1.89. The molecular formula is C10H17NO. The lowest BCUT2D eigenvalue weighted by molar-refractivity contribution is 0.477. The van der Waals surface area contributed by atoms with Crippen LogP contribution in [-0.4, -0.2) is 0 Å². The molecule has 0 bridgehead atoms. The maximum Gasteiger partial charge on any atom is 0.120 e. The first-order valence-electron chi connectivity index (χ1n) is 4.49. The van der Waals surface area contributed by atoms with Gasteiger partial charge < -0.3 is 10.2 Å². The number of rotatable bonds is 3. The molecule has 2 heteroatoms. The predicted molar refractivity (Wildman–Crippen MR) is 50.0 cm³/mol. The van der Waals surface area contributed by atoms with Crippen molar-refractivity contribution in [1.29, 1.82) is 0 Å². The van der Waals surface area contributed by atoms with E-state index in [4.69, 9.17) is 10.2 Å². The van der Waals surface area contributed by atoms with Gasteiger partial charge >= 0.3 is 0 Å². The minimum absolute atomic E-state index is 0.00260. The molecule has 0 radical (unpaired) electrons. The first kappa shape index (κ1) is 9.33. The summed E-state index contributed by atoms with van der Waals surface area (Å²) in [6.45, 7) is 6.29. The summed E-state index contributed by atoms with van der Waals surface area (Å²) in [5, 5.41) is 0. The first-order chi connectivity index (χ1) is 5.65. The molecule has 0 spiro atoms. The molecule has 2 nitrogen and oxygen atoms in total. The fraction of sp³-hybridized carbons (Fsp3) is 0.600. The van der Waals surface area contributed by atoms with Crippen LogP contribution in [0.3, 0.4) is 0 Å². The summed E-state index contributed by atoms with van der Waals surface area (Å²) in [4.78, 5) is 0. The molecule has 0 aliphatic carbocycles. The smallest absolute Gasteiger partial charge is 0.120 e. The van der Waals surface area contributed by atoms with E-state index < -0.39 is 0 Å². The number of hydrogen-bond donors (Lipinski definition) is 1. The van der Waals surface area contributed by atoms with Crippen molar-refractivity contribution in [3.63, 3.8) is 0 Å². The highest BCUT2D eigenvalue weighted by molar-refractivity contribution is 5.18. The highest BCUT2D eigenvalue weighted by Gasteiger charge is 2.09. The Balaban J connectivity index is 2.77. The minimum Gasteiger partial charge on any atom is -0.467 e. The molecule has 0 aliphatic rings. The Bertz CT molecular complexity index is 240. The molecule has 1 aromatic rings. The summed E-state index contributed by atoms with van der Waals surface area (Å²) in [6, 6.07) is 2.06. The highest BCUT2D eigenvalue weighted by Crippen LogP contribution is 2.23. The van der Waals surface area contributed by atoms with Crippen LogP contribution in [0.5, 0.6) is 0 Å². The number of hydrogen-bond acceptors (Lipinski definition) is 2. The number of nitrogens with two attached hydrogens (primary N) is 1. The summed E-state index contributed by atoms with van der Waals surface area (Å²) >= 11 is 0. The van der Waals surface area contributed by atoms with Crippen molar-refractivity contribution >= 4 is 0 Å².